The van der Waals surface area contributed by atoms with Gasteiger partial charge in [0.2, 0.25) is 11.8 Å². The van der Waals surface area contributed by atoms with E-state index in [0.717, 1.165) is 49.0 Å². The molecule has 2 fully saturated rings. The van der Waals surface area contributed by atoms with Crippen LogP contribution in [0.5, 0.6) is 0 Å². The number of nitrogens with zero attached hydrogens (tertiary/aromatic N) is 3. The molecular weight excluding hydrogens is 745 g/mol. The SMILES string of the molecule is O=C1CCC(N2Cc3c(NCCOP(O)(=S)OCCOCCN4CCN(C(c5ccccc5)c5ccc(Cl)cc5)CC4)cccc3C2=O)C(=O)N1.S. The molecular formula is C36H45ClN5O7PS2. The van der Waals surface area contributed by atoms with Crippen molar-refractivity contribution in [3.63, 3.8) is 0 Å². The Kier molecular flexibility index (Phi) is 14.7. The van der Waals surface area contributed by atoms with Gasteiger partial charge in [-0.2, -0.15) is 13.5 Å². The summed E-state index contributed by atoms with van der Waals surface area (Å²) in [6, 6.07) is 23.5. The summed E-state index contributed by atoms with van der Waals surface area (Å²) < 4.78 is 16.7. The molecule has 3 aliphatic rings. The molecule has 0 spiro atoms. The van der Waals surface area contributed by atoms with Crippen LogP contribution in [0.3, 0.4) is 0 Å². The second-order valence-electron chi connectivity index (χ2n) is 12.6. The molecule has 0 radical (unpaired) electrons. The highest BCUT2D eigenvalue weighted by Crippen LogP contribution is 2.43. The highest BCUT2D eigenvalue weighted by molar-refractivity contribution is 8.07. The lowest BCUT2D eigenvalue weighted by Gasteiger charge is -2.39. The summed E-state index contributed by atoms with van der Waals surface area (Å²) in [6.07, 6.45) is 0.494. The highest BCUT2D eigenvalue weighted by Gasteiger charge is 2.39. The van der Waals surface area contributed by atoms with Gasteiger partial charge in [-0.25, -0.2) is 0 Å². The van der Waals surface area contributed by atoms with Crippen molar-refractivity contribution in [3.05, 3.63) is 100 Å². The first-order valence-electron chi connectivity index (χ1n) is 17.2. The molecule has 6 rings (SSSR count). The molecule has 3 aromatic rings. The number of amides is 3. The van der Waals surface area contributed by atoms with Crippen LogP contribution in [0, 0.1) is 0 Å². The zero-order valence-corrected chi connectivity index (χ0v) is 32.2. The standard InChI is InChI=1S/C36H43ClN5O7PS.H2S/c37-28-11-9-27(10-12-28)34(26-5-2-1-3-6-26)41-18-16-40(17-19-41)20-22-47-23-24-49-50(46,51)48-21-15-38-31-8-4-7-29-30(31)25-42(36(29)45)32-13-14-33(43)39-35(32)44;/h1-12,32,34,38H,13-25H2,(H,46,51)(H,39,43,44);1H2. The van der Waals surface area contributed by atoms with Gasteiger partial charge in [0, 0.05) is 74.1 Å². The Balaban J connectivity index is 0.00000523. The van der Waals surface area contributed by atoms with Crippen LogP contribution in [0.15, 0.2) is 72.8 Å². The van der Waals surface area contributed by atoms with Crippen molar-refractivity contribution < 1.29 is 33.1 Å². The van der Waals surface area contributed by atoms with Crippen molar-refractivity contribution >= 4 is 67.0 Å². The topological polar surface area (TPSA) is 133 Å². The van der Waals surface area contributed by atoms with Gasteiger partial charge in [0.25, 0.3) is 5.91 Å². The summed E-state index contributed by atoms with van der Waals surface area (Å²) in [4.78, 5) is 53.9. The molecule has 3 unspecified atom stereocenters. The van der Waals surface area contributed by atoms with Crippen molar-refractivity contribution in [1.29, 1.82) is 0 Å². The summed E-state index contributed by atoms with van der Waals surface area (Å²) in [5, 5.41) is 6.28. The maximum absolute atomic E-state index is 13.0. The van der Waals surface area contributed by atoms with E-state index >= 15 is 0 Å². The number of rotatable bonds is 16. The Morgan fingerprint density at radius 3 is 2.35 bits per heavy atom. The number of piperazine rings is 1. The molecule has 0 aliphatic carbocycles. The number of fused-ring (bicyclic) bond motifs is 1. The van der Waals surface area contributed by atoms with E-state index in [9.17, 15) is 19.3 Å². The molecule has 3 aromatic carbocycles. The van der Waals surface area contributed by atoms with Crippen LogP contribution in [0.25, 0.3) is 0 Å². The quantitative estimate of drug-likeness (QED) is 0.109. The number of carbonyl (C=O) groups excluding carboxylic acids is 3. The van der Waals surface area contributed by atoms with Crippen LogP contribution in [-0.4, -0.2) is 109 Å². The van der Waals surface area contributed by atoms with Crippen molar-refractivity contribution in [2.45, 2.75) is 31.5 Å². The maximum atomic E-state index is 13.0. The van der Waals surface area contributed by atoms with E-state index in [2.05, 4.69) is 56.8 Å². The van der Waals surface area contributed by atoms with Gasteiger partial charge in [-0.1, -0.05) is 60.1 Å². The molecule has 3 heterocycles. The molecule has 3 atom stereocenters. The van der Waals surface area contributed by atoms with E-state index in [-0.39, 0.29) is 64.1 Å². The summed E-state index contributed by atoms with van der Waals surface area (Å²) in [7, 11) is 0. The molecule has 3 N–H and O–H groups in total. The van der Waals surface area contributed by atoms with E-state index in [1.54, 1.807) is 12.1 Å². The molecule has 12 nitrogen and oxygen atoms in total. The van der Waals surface area contributed by atoms with Gasteiger partial charge in [-0.15, -0.1) is 0 Å². The van der Waals surface area contributed by atoms with Crippen molar-refractivity contribution in [1.82, 2.24) is 20.0 Å². The first-order chi connectivity index (χ1) is 24.7. The average Bonchev–Trinajstić information content (AvgIpc) is 3.46. The Labute approximate surface area is 321 Å². The lowest BCUT2D eigenvalue weighted by Crippen LogP contribution is -2.52. The Morgan fingerprint density at radius 1 is 0.904 bits per heavy atom. The number of anilines is 1. The van der Waals surface area contributed by atoms with Crippen LogP contribution in [0.2, 0.25) is 5.02 Å². The van der Waals surface area contributed by atoms with Gasteiger partial charge >= 0.3 is 6.72 Å². The maximum Gasteiger partial charge on any atom is 0.324 e. The Bertz CT molecular complexity index is 1730. The molecule has 0 aromatic heterocycles. The minimum atomic E-state index is -3.47. The number of piperidine rings is 1. The fraction of sp³-hybridized carbons (Fsp3) is 0.417. The minimum Gasteiger partial charge on any atom is -0.382 e. The fourth-order valence-corrected chi connectivity index (χ4v) is 8.06. The van der Waals surface area contributed by atoms with Gasteiger partial charge in [0.1, 0.15) is 6.04 Å². The zero-order valence-electron chi connectivity index (χ0n) is 28.7. The smallest absolute Gasteiger partial charge is 0.324 e. The number of hydrogen-bond donors (Lipinski definition) is 3. The number of nitrogens with one attached hydrogen (secondary N) is 2. The number of halogens is 1. The normalized spacial score (nSPS) is 19.8. The van der Waals surface area contributed by atoms with Gasteiger partial charge in [-0.05, 0) is 53.6 Å². The van der Waals surface area contributed by atoms with Gasteiger partial charge in [0.15, 0.2) is 0 Å². The summed E-state index contributed by atoms with van der Waals surface area (Å²) in [5.41, 5.74) is 4.48. The predicted molar refractivity (Wildman–Crippen MR) is 208 cm³/mol. The first kappa shape index (κ1) is 40.3. The lowest BCUT2D eigenvalue weighted by atomic mass is 9.96. The zero-order chi connectivity index (χ0) is 35.8. The molecule has 2 saturated heterocycles. The Morgan fingerprint density at radius 2 is 1.62 bits per heavy atom. The van der Waals surface area contributed by atoms with Crippen molar-refractivity contribution in [2.24, 2.45) is 0 Å². The van der Waals surface area contributed by atoms with Crippen LogP contribution < -0.4 is 10.6 Å². The molecule has 3 amide bonds. The lowest BCUT2D eigenvalue weighted by molar-refractivity contribution is -0.136. The minimum absolute atomic E-state index is 0. The van der Waals surface area contributed by atoms with Crippen LogP contribution >= 0.6 is 31.8 Å². The molecule has 52 heavy (non-hydrogen) atoms. The number of imide groups is 1. The first-order valence-corrected chi connectivity index (χ1v) is 20.1. The third-order valence-corrected chi connectivity index (χ3v) is 11.3. The van der Waals surface area contributed by atoms with E-state index in [4.69, 9.17) is 37.2 Å². The van der Waals surface area contributed by atoms with Gasteiger partial charge in [-0.3, -0.25) is 29.5 Å². The number of hydrogen-bond acceptors (Lipinski definition) is 10. The van der Waals surface area contributed by atoms with Gasteiger partial charge < -0.3 is 28.9 Å². The van der Waals surface area contributed by atoms with E-state index in [1.807, 2.05) is 24.3 Å². The molecule has 3 aliphatic heterocycles. The Hall–Kier alpha value is -2.88. The molecule has 16 heteroatoms. The monoisotopic (exact) mass is 789 g/mol. The van der Waals surface area contributed by atoms with Crippen molar-refractivity contribution in [3.8, 4) is 0 Å². The molecule has 280 valence electrons. The van der Waals surface area contributed by atoms with E-state index in [0.29, 0.717) is 25.1 Å². The number of benzene rings is 3. The summed E-state index contributed by atoms with van der Waals surface area (Å²) >= 11 is 11.3. The highest BCUT2D eigenvalue weighted by atomic mass is 35.5. The summed E-state index contributed by atoms with van der Waals surface area (Å²) in [6.45, 7) is 2.59. The average molecular weight is 790 g/mol. The fourth-order valence-electron chi connectivity index (χ4n) is 6.78. The van der Waals surface area contributed by atoms with Crippen molar-refractivity contribution in [2.75, 3.05) is 71.0 Å². The molecule has 0 bridgehead atoms. The third-order valence-electron chi connectivity index (χ3n) is 9.36. The van der Waals surface area contributed by atoms with E-state index in [1.165, 1.54) is 16.0 Å². The second-order valence-corrected chi connectivity index (χ2v) is 15.9. The summed E-state index contributed by atoms with van der Waals surface area (Å²) in [5.74, 6) is -1.02. The second kappa shape index (κ2) is 18.9. The number of ether oxygens (including phenoxy) is 1. The van der Waals surface area contributed by atoms with Crippen LogP contribution in [0.1, 0.15) is 45.9 Å². The van der Waals surface area contributed by atoms with Gasteiger partial charge in [0.05, 0.1) is 32.5 Å². The third kappa shape index (κ3) is 10.4. The van der Waals surface area contributed by atoms with Crippen LogP contribution in [0.4, 0.5) is 5.69 Å². The van der Waals surface area contributed by atoms with E-state index < -0.39 is 18.7 Å². The molecule has 0 saturated carbocycles. The largest absolute Gasteiger partial charge is 0.382 e. The number of carbonyl (C=O) groups is 3. The van der Waals surface area contributed by atoms with Crippen LogP contribution in [-0.2, 0) is 41.7 Å². The predicted octanol–water partition coefficient (Wildman–Crippen LogP) is 4.30.